The summed E-state index contributed by atoms with van der Waals surface area (Å²) in [6, 6.07) is 0. The van der Waals surface area contributed by atoms with E-state index in [1.807, 2.05) is 7.05 Å². The minimum atomic E-state index is -0.209. The average Bonchev–Trinajstić information content (AvgIpc) is 2.88. The van der Waals surface area contributed by atoms with E-state index >= 15 is 0 Å². The van der Waals surface area contributed by atoms with Gasteiger partial charge < -0.3 is 11.2 Å². The minimum Gasteiger partial charge on any atom is -0.321 e. The predicted octanol–water partition coefficient (Wildman–Crippen LogP) is -0.158. The van der Waals surface area contributed by atoms with E-state index in [-0.39, 0.29) is 5.54 Å². The summed E-state index contributed by atoms with van der Waals surface area (Å²) in [6.45, 7) is 2.08. The van der Waals surface area contributed by atoms with Crippen molar-refractivity contribution in [1.82, 2.24) is 10.3 Å². The van der Waals surface area contributed by atoms with E-state index in [0.717, 1.165) is 12.3 Å². The van der Waals surface area contributed by atoms with Crippen LogP contribution >= 0.6 is 0 Å². The van der Waals surface area contributed by atoms with E-state index in [0.29, 0.717) is 5.84 Å². The number of hydrogen-bond acceptors (Lipinski definition) is 4. The van der Waals surface area contributed by atoms with Gasteiger partial charge in [-0.3, -0.25) is 5.01 Å². The van der Waals surface area contributed by atoms with Crippen molar-refractivity contribution in [2.45, 2.75) is 31.7 Å². The molecule has 14 heavy (non-hydrogen) atoms. The highest BCUT2D eigenvalue weighted by atomic mass is 15.4. The summed E-state index contributed by atoms with van der Waals surface area (Å²) in [5.74, 6) is 12.5. The van der Waals surface area contributed by atoms with Gasteiger partial charge in [-0.2, -0.15) is 5.10 Å². The number of rotatable bonds is 4. The van der Waals surface area contributed by atoms with Gasteiger partial charge in [0.1, 0.15) is 0 Å². The van der Waals surface area contributed by atoms with Crippen molar-refractivity contribution in [1.29, 1.82) is 0 Å². The van der Waals surface area contributed by atoms with Gasteiger partial charge in [-0.05, 0) is 26.3 Å². The normalized spacial score (nSPS) is 21.9. The summed E-state index contributed by atoms with van der Waals surface area (Å²) >= 11 is 0. The Bertz CT molecular complexity index is 221. The zero-order valence-corrected chi connectivity index (χ0v) is 9.25. The summed E-state index contributed by atoms with van der Waals surface area (Å²) in [4.78, 5) is 0. The van der Waals surface area contributed by atoms with Crippen LogP contribution < -0.4 is 17.0 Å². The van der Waals surface area contributed by atoms with Gasteiger partial charge >= 0.3 is 0 Å². The molecule has 0 spiro atoms. The third kappa shape index (κ3) is 2.36. The van der Waals surface area contributed by atoms with Crippen LogP contribution in [0.15, 0.2) is 5.10 Å². The second-order valence-corrected chi connectivity index (χ2v) is 4.29. The molecule has 0 amide bonds. The largest absolute Gasteiger partial charge is 0.321 e. The van der Waals surface area contributed by atoms with Gasteiger partial charge in [-0.1, -0.05) is 12.8 Å². The molecule has 1 unspecified atom stereocenters. The van der Waals surface area contributed by atoms with Crippen molar-refractivity contribution < 1.29 is 0 Å². The first-order chi connectivity index (χ1) is 6.53. The Kier molecular flexibility index (Phi) is 3.34. The molecule has 1 aliphatic rings. The molecule has 0 aromatic heterocycles. The Morgan fingerprint density at radius 1 is 1.64 bits per heavy atom. The molecule has 0 aliphatic heterocycles. The van der Waals surface area contributed by atoms with E-state index in [1.54, 1.807) is 7.05 Å². The minimum absolute atomic E-state index is 0.209. The van der Waals surface area contributed by atoms with Gasteiger partial charge in [0.15, 0.2) is 5.84 Å². The van der Waals surface area contributed by atoms with Crippen LogP contribution in [0.4, 0.5) is 0 Å². The highest BCUT2D eigenvalue weighted by Gasteiger charge is 2.37. The molecule has 0 aromatic rings. The monoisotopic (exact) mass is 199 g/mol. The van der Waals surface area contributed by atoms with Crippen LogP contribution in [0.2, 0.25) is 0 Å². The molecule has 5 heteroatoms. The number of nitrogens with two attached hydrogens (primary N) is 2. The Balaban J connectivity index is 2.73. The molecule has 5 N–H and O–H groups in total. The maximum atomic E-state index is 5.69. The molecule has 0 saturated heterocycles. The number of nitrogens with one attached hydrogen (secondary N) is 1. The van der Waals surface area contributed by atoms with Gasteiger partial charge in [-0.25, -0.2) is 5.84 Å². The number of hydrazone groups is 1. The third-order valence-electron chi connectivity index (χ3n) is 2.90. The quantitative estimate of drug-likeness (QED) is 0.254. The van der Waals surface area contributed by atoms with Crippen LogP contribution in [-0.2, 0) is 0 Å². The molecule has 0 bridgehead atoms. The predicted molar refractivity (Wildman–Crippen MR) is 58.4 cm³/mol. The van der Waals surface area contributed by atoms with Crippen LogP contribution in [-0.4, -0.2) is 30.5 Å². The van der Waals surface area contributed by atoms with Crippen molar-refractivity contribution >= 4 is 5.84 Å². The highest BCUT2D eigenvalue weighted by Crippen LogP contribution is 2.37. The summed E-state index contributed by atoms with van der Waals surface area (Å²) in [6.07, 6.45) is 3.66. The fourth-order valence-electron chi connectivity index (χ4n) is 1.83. The molecule has 5 nitrogen and oxygen atoms in total. The number of amidine groups is 1. The first-order valence-corrected chi connectivity index (χ1v) is 4.99. The van der Waals surface area contributed by atoms with Gasteiger partial charge in [-0.15, -0.1) is 0 Å². The molecule has 1 rings (SSSR count). The van der Waals surface area contributed by atoms with Crippen LogP contribution in [0.5, 0.6) is 0 Å². The maximum Gasteiger partial charge on any atom is 0.158 e. The van der Waals surface area contributed by atoms with Crippen LogP contribution in [0.3, 0.4) is 0 Å². The van der Waals surface area contributed by atoms with Crippen molar-refractivity contribution in [3.8, 4) is 0 Å². The first kappa shape index (κ1) is 11.3. The van der Waals surface area contributed by atoms with E-state index in [1.165, 1.54) is 17.9 Å². The maximum absolute atomic E-state index is 5.69. The lowest BCUT2D eigenvalue weighted by Crippen LogP contribution is -2.56. The standard InChI is InChI=1S/C9H21N5/c1-9(12-2,6-7-4-5-7)8(13-10)14(3)11/h7,12H,4-6,10-11H2,1-3H3/b13-8-. The molecule has 1 aliphatic carbocycles. The molecule has 1 saturated carbocycles. The van der Waals surface area contributed by atoms with Gasteiger partial charge in [0, 0.05) is 7.05 Å². The molecule has 0 aromatic carbocycles. The molecular weight excluding hydrogens is 178 g/mol. The lowest BCUT2D eigenvalue weighted by molar-refractivity contribution is 0.385. The number of hydrogen-bond donors (Lipinski definition) is 3. The van der Waals surface area contributed by atoms with Crippen LogP contribution in [0.25, 0.3) is 0 Å². The fourth-order valence-corrected chi connectivity index (χ4v) is 1.83. The smallest absolute Gasteiger partial charge is 0.158 e. The van der Waals surface area contributed by atoms with Crippen molar-refractivity contribution in [2.24, 2.45) is 22.7 Å². The lowest BCUT2D eigenvalue weighted by atomic mass is 9.93. The van der Waals surface area contributed by atoms with Crippen LogP contribution in [0.1, 0.15) is 26.2 Å². The average molecular weight is 199 g/mol. The topological polar surface area (TPSA) is 79.7 Å². The van der Waals surface area contributed by atoms with E-state index in [4.69, 9.17) is 11.7 Å². The zero-order valence-electron chi connectivity index (χ0n) is 9.25. The lowest BCUT2D eigenvalue weighted by Gasteiger charge is -2.33. The van der Waals surface area contributed by atoms with Gasteiger partial charge in [0.05, 0.1) is 5.54 Å². The molecular formula is C9H21N5. The van der Waals surface area contributed by atoms with E-state index in [2.05, 4.69) is 17.3 Å². The number of hydrazine groups is 1. The summed E-state index contributed by atoms with van der Waals surface area (Å²) in [7, 11) is 3.67. The molecule has 0 heterocycles. The van der Waals surface area contributed by atoms with Crippen LogP contribution in [0, 0.1) is 5.92 Å². The third-order valence-corrected chi connectivity index (χ3v) is 2.90. The molecule has 1 fully saturated rings. The second kappa shape index (κ2) is 4.14. The van der Waals surface area contributed by atoms with Crippen molar-refractivity contribution in [2.75, 3.05) is 14.1 Å². The SMILES string of the molecule is CNC(C)(CC1CC1)/C(=N/N)N(C)N. The van der Waals surface area contributed by atoms with Crippen molar-refractivity contribution in [3.05, 3.63) is 0 Å². The van der Waals surface area contributed by atoms with Gasteiger partial charge in [0.2, 0.25) is 0 Å². The Morgan fingerprint density at radius 3 is 2.50 bits per heavy atom. The number of nitrogens with zero attached hydrogens (tertiary/aromatic N) is 2. The highest BCUT2D eigenvalue weighted by molar-refractivity contribution is 5.90. The number of likely N-dealkylation sites (N-methyl/N-ethyl adjacent to an activating group) is 2. The summed E-state index contributed by atoms with van der Waals surface area (Å²) in [5.41, 5.74) is -0.209. The Hall–Kier alpha value is -0.810. The Labute approximate surface area is 85.5 Å². The van der Waals surface area contributed by atoms with Gasteiger partial charge in [0.25, 0.3) is 0 Å². The molecule has 0 radical (unpaired) electrons. The summed E-state index contributed by atoms with van der Waals surface area (Å²) < 4.78 is 0. The first-order valence-electron chi connectivity index (χ1n) is 4.99. The second-order valence-electron chi connectivity index (χ2n) is 4.29. The molecule has 1 atom stereocenters. The van der Waals surface area contributed by atoms with E-state index < -0.39 is 0 Å². The van der Waals surface area contributed by atoms with E-state index in [9.17, 15) is 0 Å². The summed E-state index contributed by atoms with van der Waals surface area (Å²) in [5, 5.41) is 8.50. The zero-order chi connectivity index (χ0) is 10.8. The fraction of sp³-hybridized carbons (Fsp3) is 0.889. The Morgan fingerprint density at radius 2 is 2.21 bits per heavy atom. The van der Waals surface area contributed by atoms with Crippen molar-refractivity contribution in [3.63, 3.8) is 0 Å². The molecule has 82 valence electrons.